The van der Waals surface area contributed by atoms with E-state index < -0.39 is 4.92 Å². The van der Waals surface area contributed by atoms with Crippen molar-refractivity contribution in [2.24, 2.45) is 0 Å². The zero-order chi connectivity index (χ0) is 17.0. The number of hydrogen-bond donors (Lipinski definition) is 2. The minimum atomic E-state index is -0.499. The monoisotopic (exact) mass is 329 g/mol. The SMILES string of the molecule is Cc1ccc(NC(=S)NC(=O)c2ccccc2C)c([N+](=O)[O-])c1. The van der Waals surface area contributed by atoms with Crippen LogP contribution in [0.1, 0.15) is 21.5 Å². The molecule has 6 nitrogen and oxygen atoms in total. The maximum atomic E-state index is 12.2. The van der Waals surface area contributed by atoms with E-state index in [0.29, 0.717) is 5.56 Å². The molecule has 0 aliphatic rings. The highest BCUT2D eigenvalue weighted by Crippen LogP contribution is 2.25. The van der Waals surface area contributed by atoms with Gasteiger partial charge in [-0.3, -0.25) is 20.2 Å². The Morgan fingerprint density at radius 1 is 1.17 bits per heavy atom. The van der Waals surface area contributed by atoms with E-state index in [-0.39, 0.29) is 22.4 Å². The van der Waals surface area contributed by atoms with Gasteiger partial charge in [-0.15, -0.1) is 0 Å². The fourth-order valence-electron chi connectivity index (χ4n) is 2.05. The molecule has 2 N–H and O–H groups in total. The Labute approximate surface area is 138 Å². The molecule has 2 aromatic rings. The highest BCUT2D eigenvalue weighted by atomic mass is 32.1. The molecular formula is C16H15N3O3S. The molecule has 0 saturated heterocycles. The van der Waals surface area contributed by atoms with Gasteiger partial charge >= 0.3 is 0 Å². The molecule has 23 heavy (non-hydrogen) atoms. The van der Waals surface area contributed by atoms with Crippen molar-refractivity contribution in [1.82, 2.24) is 5.32 Å². The van der Waals surface area contributed by atoms with Crippen LogP contribution in [-0.2, 0) is 0 Å². The summed E-state index contributed by atoms with van der Waals surface area (Å²) < 4.78 is 0. The molecule has 0 unspecified atom stereocenters. The van der Waals surface area contributed by atoms with Crippen LogP contribution in [0.2, 0.25) is 0 Å². The van der Waals surface area contributed by atoms with E-state index in [1.807, 2.05) is 19.1 Å². The van der Waals surface area contributed by atoms with E-state index in [9.17, 15) is 14.9 Å². The average molecular weight is 329 g/mol. The number of carbonyl (C=O) groups is 1. The fourth-order valence-corrected chi connectivity index (χ4v) is 2.25. The first-order chi connectivity index (χ1) is 10.9. The number of benzene rings is 2. The number of nitrogens with zero attached hydrogens (tertiary/aromatic N) is 1. The molecule has 1 amide bonds. The van der Waals surface area contributed by atoms with Gasteiger partial charge in [0, 0.05) is 11.6 Å². The van der Waals surface area contributed by atoms with Gasteiger partial charge in [-0.2, -0.15) is 0 Å². The van der Waals surface area contributed by atoms with E-state index in [1.54, 1.807) is 31.2 Å². The van der Waals surface area contributed by atoms with Crippen molar-refractivity contribution < 1.29 is 9.72 Å². The third-order valence-electron chi connectivity index (χ3n) is 3.21. The molecule has 2 aromatic carbocycles. The maximum absolute atomic E-state index is 12.2. The Balaban J connectivity index is 2.13. The number of rotatable bonds is 3. The summed E-state index contributed by atoms with van der Waals surface area (Å²) in [5, 5.41) is 16.3. The van der Waals surface area contributed by atoms with Crippen LogP contribution < -0.4 is 10.6 Å². The first kappa shape index (κ1) is 16.6. The van der Waals surface area contributed by atoms with Gasteiger partial charge in [0.1, 0.15) is 5.69 Å². The number of hydrogen-bond acceptors (Lipinski definition) is 4. The van der Waals surface area contributed by atoms with Crippen molar-refractivity contribution in [3.8, 4) is 0 Å². The summed E-state index contributed by atoms with van der Waals surface area (Å²) >= 11 is 5.07. The van der Waals surface area contributed by atoms with Crippen LogP contribution in [0, 0.1) is 24.0 Å². The van der Waals surface area contributed by atoms with Gasteiger partial charge in [0.15, 0.2) is 5.11 Å². The molecule has 0 fully saturated rings. The molecule has 0 spiro atoms. The van der Waals surface area contributed by atoms with Crippen LogP contribution in [-0.4, -0.2) is 15.9 Å². The van der Waals surface area contributed by atoms with Crippen LogP contribution in [0.5, 0.6) is 0 Å². The standard InChI is InChI=1S/C16H15N3O3S/c1-10-7-8-13(14(9-10)19(21)22)17-16(23)18-15(20)12-6-4-3-5-11(12)2/h3-9H,1-2H3,(H2,17,18,20,23). The fraction of sp³-hybridized carbons (Fsp3) is 0.125. The number of aryl methyl sites for hydroxylation is 2. The first-order valence-corrected chi connectivity index (χ1v) is 7.22. The summed E-state index contributed by atoms with van der Waals surface area (Å²) in [7, 11) is 0. The Kier molecular flexibility index (Phi) is 5.02. The van der Waals surface area contributed by atoms with Gasteiger partial charge in [0.25, 0.3) is 11.6 Å². The second kappa shape index (κ2) is 6.97. The highest BCUT2D eigenvalue weighted by Gasteiger charge is 2.16. The van der Waals surface area contributed by atoms with Crippen LogP contribution in [0.25, 0.3) is 0 Å². The number of thiocarbonyl (C=S) groups is 1. The van der Waals surface area contributed by atoms with Crippen molar-refractivity contribution >= 4 is 34.6 Å². The summed E-state index contributed by atoms with van der Waals surface area (Å²) in [6.45, 7) is 3.57. The third-order valence-corrected chi connectivity index (χ3v) is 3.42. The number of anilines is 1. The molecule has 0 aliphatic heterocycles. The van der Waals surface area contributed by atoms with Crippen molar-refractivity contribution in [1.29, 1.82) is 0 Å². The zero-order valence-electron chi connectivity index (χ0n) is 12.6. The van der Waals surface area contributed by atoms with Gasteiger partial charge in [-0.1, -0.05) is 24.3 Å². The predicted molar refractivity (Wildman–Crippen MR) is 92.7 cm³/mol. The largest absolute Gasteiger partial charge is 0.327 e. The van der Waals surface area contributed by atoms with Crippen molar-refractivity contribution in [3.05, 3.63) is 69.3 Å². The molecule has 2 rings (SSSR count). The summed E-state index contributed by atoms with van der Waals surface area (Å²) in [5.74, 6) is -0.365. The average Bonchev–Trinajstić information content (AvgIpc) is 2.49. The summed E-state index contributed by atoms with van der Waals surface area (Å²) in [4.78, 5) is 22.7. The molecule has 0 bridgehead atoms. The molecule has 0 saturated carbocycles. The van der Waals surface area contributed by atoms with E-state index in [2.05, 4.69) is 10.6 Å². The van der Waals surface area contributed by atoms with E-state index >= 15 is 0 Å². The Morgan fingerprint density at radius 3 is 2.52 bits per heavy atom. The van der Waals surface area contributed by atoms with E-state index in [4.69, 9.17) is 12.2 Å². The number of nitro groups is 1. The molecular weight excluding hydrogens is 314 g/mol. The smallest absolute Gasteiger partial charge is 0.292 e. The third kappa shape index (κ3) is 4.10. The van der Waals surface area contributed by atoms with Gasteiger partial charge < -0.3 is 5.32 Å². The normalized spacial score (nSPS) is 10.0. The quantitative estimate of drug-likeness (QED) is 0.512. The Morgan fingerprint density at radius 2 is 1.87 bits per heavy atom. The van der Waals surface area contributed by atoms with Gasteiger partial charge in [-0.05, 0) is 49.3 Å². The van der Waals surface area contributed by atoms with Gasteiger partial charge in [0.05, 0.1) is 4.92 Å². The molecule has 0 radical (unpaired) electrons. The van der Waals surface area contributed by atoms with Crippen LogP contribution in [0.15, 0.2) is 42.5 Å². The molecule has 7 heteroatoms. The summed E-state index contributed by atoms with van der Waals surface area (Å²) in [6, 6.07) is 11.8. The van der Waals surface area contributed by atoms with Gasteiger partial charge in [-0.25, -0.2) is 0 Å². The minimum Gasteiger partial charge on any atom is -0.327 e. The van der Waals surface area contributed by atoms with E-state index in [0.717, 1.165) is 11.1 Å². The minimum absolute atomic E-state index is 0.00482. The lowest BCUT2D eigenvalue weighted by molar-refractivity contribution is -0.383. The Bertz CT molecular complexity index is 790. The molecule has 0 aliphatic carbocycles. The van der Waals surface area contributed by atoms with Crippen molar-refractivity contribution in [3.63, 3.8) is 0 Å². The van der Waals surface area contributed by atoms with E-state index in [1.165, 1.54) is 6.07 Å². The second-order valence-corrected chi connectivity index (χ2v) is 5.41. The first-order valence-electron chi connectivity index (χ1n) is 6.81. The van der Waals surface area contributed by atoms with Gasteiger partial charge in [0.2, 0.25) is 0 Å². The molecule has 118 valence electrons. The topological polar surface area (TPSA) is 84.3 Å². The number of nitro benzene ring substituents is 1. The van der Waals surface area contributed by atoms with Crippen LogP contribution >= 0.6 is 12.2 Å². The lowest BCUT2D eigenvalue weighted by Crippen LogP contribution is -2.34. The number of nitrogens with one attached hydrogen (secondary N) is 2. The summed E-state index contributed by atoms with van der Waals surface area (Å²) in [5.41, 5.74) is 2.20. The maximum Gasteiger partial charge on any atom is 0.292 e. The predicted octanol–water partition coefficient (Wildman–Crippen LogP) is 3.34. The van der Waals surface area contributed by atoms with Crippen LogP contribution in [0.3, 0.4) is 0 Å². The zero-order valence-corrected chi connectivity index (χ0v) is 13.4. The number of carbonyl (C=O) groups excluding carboxylic acids is 1. The lowest BCUT2D eigenvalue weighted by atomic mass is 10.1. The van der Waals surface area contributed by atoms with Crippen molar-refractivity contribution in [2.75, 3.05) is 5.32 Å². The highest BCUT2D eigenvalue weighted by molar-refractivity contribution is 7.80. The second-order valence-electron chi connectivity index (χ2n) is 5.00. The molecule has 0 aromatic heterocycles. The lowest BCUT2D eigenvalue weighted by Gasteiger charge is -2.11. The summed E-state index contributed by atoms with van der Waals surface area (Å²) in [6.07, 6.45) is 0. The Hall–Kier alpha value is -2.80. The van der Waals surface area contributed by atoms with Crippen molar-refractivity contribution in [2.45, 2.75) is 13.8 Å². The molecule has 0 heterocycles. The number of amides is 1. The molecule has 0 atom stereocenters. The van der Waals surface area contributed by atoms with Crippen LogP contribution in [0.4, 0.5) is 11.4 Å².